The Kier molecular flexibility index (Phi) is 6.09. The molecule has 0 bridgehead atoms. The Bertz CT molecular complexity index is 888. The average molecular weight is 379 g/mol. The molecule has 1 heterocycles. The van der Waals surface area contributed by atoms with Gasteiger partial charge in [0.25, 0.3) is 0 Å². The second-order valence-corrected chi connectivity index (χ2v) is 6.00. The number of ether oxygens (including phenoxy) is 2. The van der Waals surface area contributed by atoms with Gasteiger partial charge in [-0.2, -0.15) is 8.78 Å². The Morgan fingerprint density at radius 3 is 2.37 bits per heavy atom. The third kappa shape index (κ3) is 4.58. The topological polar surface area (TPSA) is 85.5 Å². The van der Waals surface area contributed by atoms with Gasteiger partial charge in [-0.3, -0.25) is 9.59 Å². The number of rotatable bonds is 7. The van der Waals surface area contributed by atoms with E-state index >= 15 is 0 Å². The molecule has 0 aliphatic heterocycles. The number of hydrogen-bond donors (Lipinski definition) is 1. The zero-order valence-corrected chi connectivity index (χ0v) is 15.3. The number of aryl methyl sites for hydroxylation is 1. The highest BCUT2D eigenvalue weighted by Gasteiger charge is 2.26. The molecule has 1 aromatic carbocycles. The summed E-state index contributed by atoms with van der Waals surface area (Å²) in [5.41, 5.74) is 1.62. The lowest BCUT2D eigenvalue weighted by atomic mass is 10.0. The van der Waals surface area contributed by atoms with Gasteiger partial charge < -0.3 is 14.5 Å². The number of carbonyl (C=O) groups excluding carboxylic acids is 3. The van der Waals surface area contributed by atoms with Gasteiger partial charge in [0, 0.05) is 11.3 Å². The molecule has 0 saturated carbocycles. The zero-order chi connectivity index (χ0) is 20.3. The van der Waals surface area contributed by atoms with Crippen molar-refractivity contribution in [1.29, 1.82) is 0 Å². The van der Waals surface area contributed by atoms with Crippen molar-refractivity contribution in [3.8, 4) is 5.75 Å². The van der Waals surface area contributed by atoms with Gasteiger partial charge in [-0.15, -0.1) is 0 Å². The van der Waals surface area contributed by atoms with Gasteiger partial charge in [-0.1, -0.05) is 6.07 Å². The summed E-state index contributed by atoms with van der Waals surface area (Å²) in [6.07, 6.45) is -1.14. The summed E-state index contributed by atoms with van der Waals surface area (Å²) in [6.45, 7) is 3.07. The van der Waals surface area contributed by atoms with Crippen molar-refractivity contribution in [2.75, 3.05) is 0 Å². The molecular weight excluding hydrogens is 360 g/mol. The van der Waals surface area contributed by atoms with Crippen LogP contribution >= 0.6 is 0 Å². The summed E-state index contributed by atoms with van der Waals surface area (Å²) in [6, 6.07) is 5.09. The van der Waals surface area contributed by atoms with Crippen LogP contribution in [0.3, 0.4) is 0 Å². The maximum Gasteiger partial charge on any atom is 0.387 e. The van der Waals surface area contributed by atoms with Crippen molar-refractivity contribution in [3.05, 3.63) is 52.3 Å². The molecule has 144 valence electrons. The van der Waals surface area contributed by atoms with Gasteiger partial charge >= 0.3 is 12.6 Å². The number of hydrogen-bond acceptors (Lipinski definition) is 5. The van der Waals surface area contributed by atoms with Crippen LogP contribution in [0, 0.1) is 13.8 Å². The summed E-state index contributed by atoms with van der Waals surface area (Å²) < 4.78 is 33.9. The Labute approximate surface area is 154 Å². The molecule has 2 aromatic rings. The van der Waals surface area contributed by atoms with Crippen LogP contribution in [0.5, 0.6) is 5.75 Å². The summed E-state index contributed by atoms with van der Waals surface area (Å²) in [5, 5.41) is 0. The summed E-state index contributed by atoms with van der Waals surface area (Å²) in [5.74, 6) is -1.74. The second kappa shape index (κ2) is 8.11. The number of esters is 1. The molecule has 8 heteroatoms. The van der Waals surface area contributed by atoms with Crippen LogP contribution in [0.4, 0.5) is 8.78 Å². The maximum absolute atomic E-state index is 12.6. The lowest BCUT2D eigenvalue weighted by Crippen LogP contribution is -2.25. The number of halogens is 2. The quantitative estimate of drug-likeness (QED) is 0.583. The van der Waals surface area contributed by atoms with Crippen molar-refractivity contribution in [2.24, 2.45) is 0 Å². The Hall–Kier alpha value is -3.03. The fraction of sp³-hybridized carbons (Fsp3) is 0.316. The van der Waals surface area contributed by atoms with Crippen LogP contribution in [0.15, 0.2) is 24.3 Å². The van der Waals surface area contributed by atoms with E-state index in [2.05, 4.69) is 9.72 Å². The third-order valence-corrected chi connectivity index (χ3v) is 3.98. The molecule has 0 saturated heterocycles. The van der Waals surface area contributed by atoms with Gasteiger partial charge in [0.15, 0.2) is 11.9 Å². The molecule has 1 unspecified atom stereocenters. The molecule has 1 atom stereocenters. The Balaban J connectivity index is 2.16. The summed E-state index contributed by atoms with van der Waals surface area (Å²) in [4.78, 5) is 39.3. The first kappa shape index (κ1) is 20.3. The highest BCUT2D eigenvalue weighted by molar-refractivity contribution is 6.05. The smallest absolute Gasteiger partial charge is 0.387 e. The first-order valence-corrected chi connectivity index (χ1v) is 8.12. The van der Waals surface area contributed by atoms with Crippen LogP contribution in [0.25, 0.3) is 0 Å². The molecule has 0 fully saturated rings. The molecule has 0 aliphatic carbocycles. The van der Waals surface area contributed by atoms with Crippen molar-refractivity contribution in [2.45, 2.75) is 40.4 Å². The molecule has 1 N–H and O–H groups in total. The minimum atomic E-state index is -3.02. The fourth-order valence-corrected chi connectivity index (χ4v) is 2.81. The molecule has 0 spiro atoms. The third-order valence-electron chi connectivity index (χ3n) is 3.98. The first-order chi connectivity index (χ1) is 12.6. The highest BCUT2D eigenvalue weighted by atomic mass is 19.3. The van der Waals surface area contributed by atoms with E-state index in [9.17, 15) is 23.2 Å². The molecule has 0 aliphatic rings. The van der Waals surface area contributed by atoms with Gasteiger partial charge in [0.05, 0.1) is 11.3 Å². The van der Waals surface area contributed by atoms with E-state index in [1.54, 1.807) is 13.8 Å². The number of nitrogens with one attached hydrogen (secondary N) is 1. The van der Waals surface area contributed by atoms with E-state index in [0.29, 0.717) is 16.8 Å². The molecular formula is C19H19F2NO5. The van der Waals surface area contributed by atoms with E-state index in [0.717, 1.165) is 6.07 Å². The number of Topliss-reactive ketones (excluding diaryl/α,β-unsaturated/α-hetero) is 2. The monoisotopic (exact) mass is 379 g/mol. The van der Waals surface area contributed by atoms with E-state index in [-0.39, 0.29) is 22.8 Å². The minimum absolute atomic E-state index is 0.0309. The van der Waals surface area contributed by atoms with Crippen LogP contribution in [-0.2, 0) is 4.74 Å². The summed E-state index contributed by atoms with van der Waals surface area (Å²) in [7, 11) is 0. The first-order valence-electron chi connectivity index (χ1n) is 8.12. The van der Waals surface area contributed by atoms with E-state index < -0.39 is 24.5 Å². The van der Waals surface area contributed by atoms with Gasteiger partial charge in [0.2, 0.25) is 5.78 Å². The predicted molar refractivity (Wildman–Crippen MR) is 92.6 cm³/mol. The zero-order valence-electron chi connectivity index (χ0n) is 15.3. The van der Waals surface area contributed by atoms with Gasteiger partial charge in [0.1, 0.15) is 5.75 Å². The fourth-order valence-electron chi connectivity index (χ4n) is 2.81. The molecule has 1 aromatic heterocycles. The Morgan fingerprint density at radius 1 is 1.15 bits per heavy atom. The van der Waals surface area contributed by atoms with Gasteiger partial charge in [-0.05, 0) is 51.5 Å². The maximum atomic E-state index is 12.6. The van der Waals surface area contributed by atoms with Crippen molar-refractivity contribution >= 4 is 17.5 Å². The number of ketones is 2. The van der Waals surface area contributed by atoms with Crippen molar-refractivity contribution in [1.82, 2.24) is 4.98 Å². The molecule has 2 rings (SSSR count). The Morgan fingerprint density at radius 2 is 1.81 bits per heavy atom. The number of carbonyl (C=O) groups is 3. The van der Waals surface area contributed by atoms with Gasteiger partial charge in [-0.25, -0.2) is 4.79 Å². The van der Waals surface area contributed by atoms with E-state index in [1.165, 1.54) is 32.0 Å². The highest BCUT2D eigenvalue weighted by Crippen LogP contribution is 2.21. The van der Waals surface area contributed by atoms with E-state index in [1.807, 2.05) is 0 Å². The van der Waals surface area contributed by atoms with E-state index in [4.69, 9.17) is 4.74 Å². The number of benzene rings is 1. The van der Waals surface area contributed by atoms with Crippen LogP contribution in [0.1, 0.15) is 56.3 Å². The molecule has 0 radical (unpaired) electrons. The second-order valence-electron chi connectivity index (χ2n) is 6.00. The molecule has 27 heavy (non-hydrogen) atoms. The number of H-pyrrole nitrogens is 1. The predicted octanol–water partition coefficient (Wildman–Crippen LogP) is 3.86. The SMILES string of the molecule is CC(=O)c1c(C)[nH]c(C(=O)C(C)OC(=O)c2cccc(OC(F)F)c2)c1C. The average Bonchev–Trinajstić information content (AvgIpc) is 2.88. The van der Waals surface area contributed by atoms with Crippen LogP contribution < -0.4 is 4.74 Å². The number of aromatic nitrogens is 1. The standard InChI is InChI=1S/C19H19F2NO5/c1-9-15(11(3)23)10(2)22-16(9)17(24)12(4)26-18(25)13-6-5-7-14(8-13)27-19(20)21/h5-8,12,19,22H,1-4H3. The van der Waals surface area contributed by atoms with Crippen LogP contribution in [0.2, 0.25) is 0 Å². The summed E-state index contributed by atoms with van der Waals surface area (Å²) >= 11 is 0. The lowest BCUT2D eigenvalue weighted by molar-refractivity contribution is -0.0499. The normalized spacial score (nSPS) is 12.0. The minimum Gasteiger partial charge on any atom is -0.451 e. The number of aromatic amines is 1. The number of alkyl halides is 2. The molecule has 6 nitrogen and oxygen atoms in total. The van der Waals surface area contributed by atoms with Crippen molar-refractivity contribution in [3.63, 3.8) is 0 Å². The van der Waals surface area contributed by atoms with Crippen LogP contribution in [-0.4, -0.2) is 35.2 Å². The molecule has 0 amide bonds. The lowest BCUT2D eigenvalue weighted by Gasteiger charge is -2.13. The van der Waals surface area contributed by atoms with Crippen molar-refractivity contribution < 1.29 is 32.6 Å². The largest absolute Gasteiger partial charge is 0.451 e.